The molecule has 0 aliphatic carbocycles. The minimum Gasteiger partial charge on any atom is -0.358 e. The first kappa shape index (κ1) is 11.1. The van der Waals surface area contributed by atoms with E-state index in [-0.39, 0.29) is 0 Å². The van der Waals surface area contributed by atoms with Crippen LogP contribution in [0, 0.1) is 0 Å². The van der Waals surface area contributed by atoms with Gasteiger partial charge in [-0.15, -0.1) is 0 Å². The summed E-state index contributed by atoms with van der Waals surface area (Å²) in [7, 11) is 0. The van der Waals surface area contributed by atoms with E-state index in [1.54, 1.807) is 0 Å². The van der Waals surface area contributed by atoms with Gasteiger partial charge in [0.15, 0.2) is 0 Å². The lowest BCUT2D eigenvalue weighted by atomic mass is 9.95. The number of benzene rings is 1. The van der Waals surface area contributed by atoms with Gasteiger partial charge in [-0.1, -0.05) is 24.6 Å². The van der Waals surface area contributed by atoms with Crippen molar-refractivity contribution in [3.63, 3.8) is 0 Å². The van der Waals surface area contributed by atoms with Crippen LogP contribution in [0.3, 0.4) is 0 Å². The van der Waals surface area contributed by atoms with Gasteiger partial charge in [-0.2, -0.15) is 0 Å². The highest BCUT2D eigenvalue weighted by Gasteiger charge is 2.19. The Morgan fingerprint density at radius 3 is 3.06 bits per heavy atom. The molecule has 0 fully saturated rings. The van der Waals surface area contributed by atoms with Crippen LogP contribution < -0.4 is 5.32 Å². The van der Waals surface area contributed by atoms with E-state index in [9.17, 15) is 0 Å². The number of fused-ring (bicyclic) bond motifs is 3. The van der Waals surface area contributed by atoms with Crippen molar-refractivity contribution in [3.8, 4) is 0 Å². The van der Waals surface area contributed by atoms with Crippen LogP contribution in [0.15, 0.2) is 18.2 Å². The van der Waals surface area contributed by atoms with Crippen molar-refractivity contribution in [2.45, 2.75) is 25.7 Å². The van der Waals surface area contributed by atoms with E-state index in [2.05, 4.69) is 23.3 Å². The van der Waals surface area contributed by atoms with Crippen LogP contribution in [0.5, 0.6) is 0 Å². The lowest BCUT2D eigenvalue weighted by Crippen LogP contribution is -2.23. The van der Waals surface area contributed by atoms with E-state index in [4.69, 9.17) is 11.6 Å². The quantitative estimate of drug-likeness (QED) is 0.734. The van der Waals surface area contributed by atoms with E-state index in [1.807, 2.05) is 12.1 Å². The maximum absolute atomic E-state index is 6.34. The number of halogens is 1. The summed E-state index contributed by atoms with van der Waals surface area (Å²) in [5, 5.41) is 5.57. The maximum atomic E-state index is 6.34. The van der Waals surface area contributed by atoms with Gasteiger partial charge in [0.2, 0.25) is 0 Å². The predicted octanol–water partition coefficient (Wildman–Crippen LogP) is 3.46. The van der Waals surface area contributed by atoms with Crippen LogP contribution in [-0.2, 0) is 6.42 Å². The Labute approximate surface area is 106 Å². The zero-order chi connectivity index (χ0) is 11.8. The van der Waals surface area contributed by atoms with Gasteiger partial charge in [-0.05, 0) is 49.5 Å². The second-order valence-corrected chi connectivity index (χ2v) is 5.28. The van der Waals surface area contributed by atoms with Crippen LogP contribution in [-0.4, -0.2) is 18.1 Å². The molecule has 1 atom stereocenters. The summed E-state index contributed by atoms with van der Waals surface area (Å²) < 4.78 is 0. The van der Waals surface area contributed by atoms with Crippen molar-refractivity contribution >= 4 is 22.5 Å². The second kappa shape index (κ2) is 4.35. The molecular weight excluding hydrogens is 232 g/mol. The SMILES string of the molecule is C[C@@H]1CCNCCc2c1[nH]c1cccc(Cl)c21. The van der Waals surface area contributed by atoms with Gasteiger partial charge in [-0.3, -0.25) is 0 Å². The highest BCUT2D eigenvalue weighted by molar-refractivity contribution is 6.35. The van der Waals surface area contributed by atoms with Crippen LogP contribution in [0.2, 0.25) is 5.02 Å². The first-order valence-electron chi connectivity index (χ1n) is 6.27. The molecule has 1 aromatic carbocycles. The maximum Gasteiger partial charge on any atom is 0.0502 e. The van der Waals surface area contributed by atoms with Crippen molar-refractivity contribution in [1.82, 2.24) is 10.3 Å². The molecule has 0 saturated carbocycles. The van der Waals surface area contributed by atoms with E-state index in [1.165, 1.54) is 28.6 Å². The summed E-state index contributed by atoms with van der Waals surface area (Å²) in [6, 6.07) is 6.11. The fourth-order valence-electron chi connectivity index (χ4n) is 2.77. The van der Waals surface area contributed by atoms with Gasteiger partial charge >= 0.3 is 0 Å². The normalized spacial score (nSPS) is 20.9. The topological polar surface area (TPSA) is 27.8 Å². The Hall–Kier alpha value is -0.990. The third-order valence-electron chi connectivity index (χ3n) is 3.71. The van der Waals surface area contributed by atoms with Crippen LogP contribution in [0.25, 0.3) is 10.9 Å². The summed E-state index contributed by atoms with van der Waals surface area (Å²) in [6.07, 6.45) is 2.24. The Morgan fingerprint density at radius 1 is 1.29 bits per heavy atom. The molecule has 2 heterocycles. The molecule has 0 radical (unpaired) electrons. The number of hydrogen-bond acceptors (Lipinski definition) is 1. The number of nitrogens with one attached hydrogen (secondary N) is 2. The highest BCUT2D eigenvalue weighted by Crippen LogP contribution is 2.34. The summed E-state index contributed by atoms with van der Waals surface area (Å²) in [4.78, 5) is 3.56. The van der Waals surface area contributed by atoms with E-state index < -0.39 is 0 Å². The molecule has 1 aliphatic rings. The number of hydrogen-bond donors (Lipinski definition) is 2. The Morgan fingerprint density at radius 2 is 2.18 bits per heavy atom. The average molecular weight is 249 g/mol. The van der Waals surface area contributed by atoms with E-state index >= 15 is 0 Å². The first-order chi connectivity index (χ1) is 8.27. The van der Waals surface area contributed by atoms with Crippen molar-refractivity contribution in [2.24, 2.45) is 0 Å². The summed E-state index contributed by atoms with van der Waals surface area (Å²) in [5.74, 6) is 0.571. The molecular formula is C14H17ClN2. The fourth-order valence-corrected chi connectivity index (χ4v) is 3.06. The Bertz CT molecular complexity index is 544. The zero-order valence-electron chi connectivity index (χ0n) is 10.0. The average Bonchev–Trinajstić information content (AvgIpc) is 2.66. The lowest BCUT2D eigenvalue weighted by Gasteiger charge is -2.17. The van der Waals surface area contributed by atoms with Crippen LogP contribution in [0.4, 0.5) is 0 Å². The molecule has 0 unspecified atom stereocenters. The molecule has 0 amide bonds. The van der Waals surface area contributed by atoms with E-state index in [0.29, 0.717) is 5.92 Å². The minimum absolute atomic E-state index is 0.571. The highest BCUT2D eigenvalue weighted by atomic mass is 35.5. The second-order valence-electron chi connectivity index (χ2n) is 4.87. The monoisotopic (exact) mass is 248 g/mol. The molecule has 0 saturated heterocycles. The van der Waals surface area contributed by atoms with Gasteiger partial charge in [0, 0.05) is 16.6 Å². The molecule has 17 heavy (non-hydrogen) atoms. The van der Waals surface area contributed by atoms with Gasteiger partial charge in [0.05, 0.1) is 5.02 Å². The number of H-pyrrole nitrogens is 1. The van der Waals surface area contributed by atoms with Crippen molar-refractivity contribution < 1.29 is 0 Å². The lowest BCUT2D eigenvalue weighted by molar-refractivity contribution is 0.565. The van der Waals surface area contributed by atoms with Crippen LogP contribution in [0.1, 0.15) is 30.5 Å². The fraction of sp³-hybridized carbons (Fsp3) is 0.429. The van der Waals surface area contributed by atoms with Crippen LogP contribution >= 0.6 is 11.6 Å². The van der Waals surface area contributed by atoms with Crippen molar-refractivity contribution in [2.75, 3.05) is 13.1 Å². The molecule has 3 heteroatoms. The Kier molecular flexibility index (Phi) is 2.85. The molecule has 1 aliphatic heterocycles. The standard InChI is InChI=1S/C14H17ClN2/c1-9-5-7-16-8-6-10-13-11(15)3-2-4-12(13)17-14(9)10/h2-4,9,16-17H,5-8H2,1H3/t9-/m1/s1. The van der Waals surface area contributed by atoms with E-state index in [0.717, 1.165) is 24.5 Å². The van der Waals surface area contributed by atoms with Crippen molar-refractivity contribution in [1.29, 1.82) is 0 Å². The smallest absolute Gasteiger partial charge is 0.0502 e. The van der Waals surface area contributed by atoms with Crippen molar-refractivity contribution in [3.05, 3.63) is 34.5 Å². The van der Waals surface area contributed by atoms with Gasteiger partial charge in [-0.25, -0.2) is 0 Å². The molecule has 3 rings (SSSR count). The van der Waals surface area contributed by atoms with Gasteiger partial charge in [0.1, 0.15) is 0 Å². The molecule has 1 aromatic heterocycles. The molecule has 0 spiro atoms. The molecule has 0 bridgehead atoms. The summed E-state index contributed by atoms with van der Waals surface area (Å²) in [5.41, 5.74) is 3.97. The minimum atomic E-state index is 0.571. The first-order valence-corrected chi connectivity index (χ1v) is 6.65. The zero-order valence-corrected chi connectivity index (χ0v) is 10.8. The number of rotatable bonds is 0. The molecule has 2 N–H and O–H groups in total. The van der Waals surface area contributed by atoms with Gasteiger partial charge in [0.25, 0.3) is 0 Å². The molecule has 2 aromatic rings. The number of aromatic nitrogens is 1. The summed E-state index contributed by atoms with van der Waals surface area (Å²) in [6.45, 7) is 4.43. The Balaban J connectivity index is 2.24. The predicted molar refractivity (Wildman–Crippen MR) is 72.9 cm³/mol. The largest absolute Gasteiger partial charge is 0.358 e. The third kappa shape index (κ3) is 1.85. The summed E-state index contributed by atoms with van der Waals surface area (Å²) >= 11 is 6.34. The number of aromatic amines is 1. The molecule has 90 valence electrons. The third-order valence-corrected chi connectivity index (χ3v) is 4.02. The van der Waals surface area contributed by atoms with Gasteiger partial charge < -0.3 is 10.3 Å². The molecule has 2 nitrogen and oxygen atoms in total.